The molecule has 0 saturated carbocycles. The van der Waals surface area contributed by atoms with E-state index in [9.17, 15) is 4.79 Å². The first-order valence-electron chi connectivity index (χ1n) is 7.61. The molecule has 2 rings (SSSR count). The fourth-order valence-electron chi connectivity index (χ4n) is 2.37. The molecule has 0 aliphatic carbocycles. The van der Waals surface area contributed by atoms with Crippen molar-refractivity contribution in [2.24, 2.45) is 0 Å². The number of anilines is 1. The quantitative estimate of drug-likeness (QED) is 0.880. The fraction of sp³-hybridized carbons (Fsp3) is 0.316. The van der Waals surface area contributed by atoms with E-state index < -0.39 is 0 Å². The van der Waals surface area contributed by atoms with E-state index in [2.05, 4.69) is 12.2 Å². The van der Waals surface area contributed by atoms with Crippen LogP contribution in [0, 0.1) is 13.8 Å². The lowest BCUT2D eigenvalue weighted by Crippen LogP contribution is -2.12. The zero-order valence-electron chi connectivity index (χ0n) is 14.1. The summed E-state index contributed by atoms with van der Waals surface area (Å²) in [4.78, 5) is 12.2. The summed E-state index contributed by atoms with van der Waals surface area (Å²) in [5.74, 6) is 1.51. The van der Waals surface area contributed by atoms with Gasteiger partial charge in [-0.3, -0.25) is 4.79 Å². The number of ether oxygens (including phenoxy) is 2. The Morgan fingerprint density at radius 1 is 1.00 bits per heavy atom. The maximum Gasteiger partial charge on any atom is 0.224 e. The highest BCUT2D eigenvalue weighted by Crippen LogP contribution is 2.25. The molecule has 0 fully saturated rings. The van der Waals surface area contributed by atoms with Crippen LogP contribution in [0.4, 0.5) is 5.69 Å². The smallest absolute Gasteiger partial charge is 0.224 e. The molecule has 1 N–H and O–H groups in total. The Morgan fingerprint density at radius 3 is 2.43 bits per heavy atom. The standard InChI is InChI=1S/C19H23NO3/c1-13-5-7-16(11-14(13)2)20-19(21)10-6-15-12-17(22-3)8-9-18(15)23-4/h5,7-9,11-12H,6,10H2,1-4H3,(H,20,21). The molecular weight excluding hydrogens is 290 g/mol. The minimum Gasteiger partial charge on any atom is -0.497 e. The SMILES string of the molecule is COc1ccc(OC)c(CCC(=O)Nc2ccc(C)c(C)c2)c1. The van der Waals surface area contributed by atoms with Crippen LogP contribution >= 0.6 is 0 Å². The van der Waals surface area contributed by atoms with Crippen LogP contribution in [-0.2, 0) is 11.2 Å². The van der Waals surface area contributed by atoms with Gasteiger partial charge in [0.05, 0.1) is 14.2 Å². The Hall–Kier alpha value is -2.49. The van der Waals surface area contributed by atoms with Crippen LogP contribution in [0.2, 0.25) is 0 Å². The molecule has 0 atom stereocenters. The van der Waals surface area contributed by atoms with Gasteiger partial charge in [0, 0.05) is 12.1 Å². The average molecular weight is 313 g/mol. The zero-order chi connectivity index (χ0) is 16.8. The summed E-state index contributed by atoms with van der Waals surface area (Å²) >= 11 is 0. The summed E-state index contributed by atoms with van der Waals surface area (Å²) in [7, 11) is 3.25. The minimum atomic E-state index is -0.0156. The van der Waals surface area contributed by atoms with Crippen molar-refractivity contribution in [1.82, 2.24) is 0 Å². The first kappa shape index (κ1) is 16.9. The molecule has 4 heteroatoms. The molecule has 122 valence electrons. The Kier molecular flexibility index (Phi) is 5.63. The number of hydrogen-bond donors (Lipinski definition) is 1. The summed E-state index contributed by atoms with van der Waals surface area (Å²) in [5.41, 5.74) is 4.17. The van der Waals surface area contributed by atoms with Crippen LogP contribution in [0.25, 0.3) is 0 Å². The summed E-state index contributed by atoms with van der Waals surface area (Å²) < 4.78 is 10.6. The van der Waals surface area contributed by atoms with Crippen LogP contribution in [-0.4, -0.2) is 20.1 Å². The second-order valence-corrected chi connectivity index (χ2v) is 5.52. The summed E-state index contributed by atoms with van der Waals surface area (Å²) in [5, 5.41) is 2.94. The second-order valence-electron chi connectivity index (χ2n) is 5.52. The first-order valence-corrected chi connectivity index (χ1v) is 7.61. The average Bonchev–Trinajstić information content (AvgIpc) is 2.56. The van der Waals surface area contributed by atoms with Gasteiger partial charge in [0.1, 0.15) is 11.5 Å². The van der Waals surface area contributed by atoms with Gasteiger partial charge in [-0.15, -0.1) is 0 Å². The molecule has 0 heterocycles. The van der Waals surface area contributed by atoms with Crippen molar-refractivity contribution in [1.29, 1.82) is 0 Å². The Balaban J connectivity index is 2.00. The molecule has 0 radical (unpaired) electrons. The number of nitrogens with one attached hydrogen (secondary N) is 1. The van der Waals surface area contributed by atoms with E-state index in [1.165, 1.54) is 5.56 Å². The molecule has 0 bridgehead atoms. The van der Waals surface area contributed by atoms with Crippen molar-refractivity contribution in [3.8, 4) is 11.5 Å². The van der Waals surface area contributed by atoms with Crippen molar-refractivity contribution >= 4 is 11.6 Å². The van der Waals surface area contributed by atoms with Gasteiger partial charge in [-0.1, -0.05) is 6.07 Å². The third kappa shape index (κ3) is 4.49. The van der Waals surface area contributed by atoms with Crippen LogP contribution in [0.3, 0.4) is 0 Å². The normalized spacial score (nSPS) is 10.3. The highest BCUT2D eigenvalue weighted by Gasteiger charge is 2.09. The number of benzene rings is 2. The van der Waals surface area contributed by atoms with Crippen LogP contribution in [0.15, 0.2) is 36.4 Å². The third-order valence-electron chi connectivity index (χ3n) is 3.90. The highest BCUT2D eigenvalue weighted by molar-refractivity contribution is 5.91. The molecule has 0 unspecified atom stereocenters. The van der Waals surface area contributed by atoms with Gasteiger partial charge < -0.3 is 14.8 Å². The van der Waals surface area contributed by atoms with Gasteiger partial charge in [-0.25, -0.2) is 0 Å². The van der Waals surface area contributed by atoms with Crippen LogP contribution in [0.1, 0.15) is 23.1 Å². The van der Waals surface area contributed by atoms with Gasteiger partial charge in [0.25, 0.3) is 0 Å². The molecule has 2 aromatic rings. The number of aryl methyl sites for hydroxylation is 3. The van der Waals surface area contributed by atoms with Crippen molar-refractivity contribution in [2.75, 3.05) is 19.5 Å². The lowest BCUT2D eigenvalue weighted by Gasteiger charge is -2.11. The maximum atomic E-state index is 12.2. The molecule has 23 heavy (non-hydrogen) atoms. The molecular formula is C19H23NO3. The summed E-state index contributed by atoms with van der Waals surface area (Å²) in [6.07, 6.45) is 0.980. The number of rotatable bonds is 6. The number of amides is 1. The van der Waals surface area contributed by atoms with E-state index in [4.69, 9.17) is 9.47 Å². The van der Waals surface area contributed by atoms with Gasteiger partial charge in [0.2, 0.25) is 5.91 Å². The molecule has 2 aromatic carbocycles. The van der Waals surface area contributed by atoms with Crippen LogP contribution in [0.5, 0.6) is 11.5 Å². The van der Waals surface area contributed by atoms with Crippen molar-refractivity contribution in [3.05, 3.63) is 53.1 Å². The number of carbonyl (C=O) groups is 1. The van der Waals surface area contributed by atoms with E-state index in [-0.39, 0.29) is 5.91 Å². The van der Waals surface area contributed by atoms with Gasteiger partial charge >= 0.3 is 0 Å². The largest absolute Gasteiger partial charge is 0.497 e. The first-order chi connectivity index (χ1) is 11.0. The van der Waals surface area contributed by atoms with E-state index >= 15 is 0 Å². The fourth-order valence-corrected chi connectivity index (χ4v) is 2.37. The van der Waals surface area contributed by atoms with E-state index in [0.717, 1.165) is 28.3 Å². The van der Waals surface area contributed by atoms with E-state index in [1.54, 1.807) is 14.2 Å². The predicted octanol–water partition coefficient (Wildman–Crippen LogP) is 3.89. The molecule has 0 saturated heterocycles. The van der Waals surface area contributed by atoms with Gasteiger partial charge in [-0.2, -0.15) is 0 Å². The number of methoxy groups -OCH3 is 2. The number of carbonyl (C=O) groups excluding carboxylic acids is 1. The lowest BCUT2D eigenvalue weighted by atomic mass is 10.1. The number of hydrogen-bond acceptors (Lipinski definition) is 3. The lowest BCUT2D eigenvalue weighted by molar-refractivity contribution is -0.116. The summed E-state index contributed by atoms with van der Waals surface area (Å²) in [6, 6.07) is 11.5. The van der Waals surface area contributed by atoms with Crippen molar-refractivity contribution in [3.63, 3.8) is 0 Å². The second kappa shape index (κ2) is 7.68. The monoisotopic (exact) mass is 313 g/mol. The maximum absolute atomic E-state index is 12.2. The Labute approximate surface area is 137 Å². The highest BCUT2D eigenvalue weighted by atomic mass is 16.5. The molecule has 0 aliphatic rings. The summed E-state index contributed by atoms with van der Waals surface area (Å²) in [6.45, 7) is 4.09. The van der Waals surface area contributed by atoms with Gasteiger partial charge in [-0.05, 0) is 67.3 Å². The molecule has 1 amide bonds. The zero-order valence-corrected chi connectivity index (χ0v) is 14.1. The van der Waals surface area contributed by atoms with Crippen molar-refractivity contribution in [2.45, 2.75) is 26.7 Å². The molecule has 4 nitrogen and oxygen atoms in total. The minimum absolute atomic E-state index is 0.0156. The molecule has 0 spiro atoms. The van der Waals surface area contributed by atoms with E-state index in [0.29, 0.717) is 12.8 Å². The van der Waals surface area contributed by atoms with Gasteiger partial charge in [0.15, 0.2) is 0 Å². The molecule has 0 aliphatic heterocycles. The molecule has 0 aromatic heterocycles. The predicted molar refractivity (Wildman–Crippen MR) is 92.4 cm³/mol. The van der Waals surface area contributed by atoms with Crippen molar-refractivity contribution < 1.29 is 14.3 Å². The Bertz CT molecular complexity index is 695. The topological polar surface area (TPSA) is 47.6 Å². The van der Waals surface area contributed by atoms with Crippen LogP contribution < -0.4 is 14.8 Å². The third-order valence-corrected chi connectivity index (χ3v) is 3.90. The Morgan fingerprint density at radius 2 is 1.78 bits per heavy atom. The van der Waals surface area contributed by atoms with E-state index in [1.807, 2.05) is 43.3 Å².